The average Bonchev–Trinajstić information content (AvgIpc) is 3.55. The van der Waals surface area contributed by atoms with Gasteiger partial charge in [-0.2, -0.15) is 0 Å². The lowest BCUT2D eigenvalue weighted by atomic mass is 9.83. The molecule has 4 aliphatic rings. The van der Waals surface area contributed by atoms with E-state index in [9.17, 15) is 14.4 Å². The lowest BCUT2D eigenvalue weighted by molar-refractivity contribution is -0.138. The second-order valence-electron chi connectivity index (χ2n) is 12.6. The van der Waals surface area contributed by atoms with Crippen molar-refractivity contribution in [3.8, 4) is 0 Å². The molecule has 0 aromatic rings. The summed E-state index contributed by atoms with van der Waals surface area (Å²) < 4.78 is 0. The van der Waals surface area contributed by atoms with Crippen LogP contribution in [0.4, 0.5) is 0 Å². The van der Waals surface area contributed by atoms with Crippen molar-refractivity contribution in [1.29, 1.82) is 0 Å². The van der Waals surface area contributed by atoms with Crippen LogP contribution in [-0.4, -0.2) is 65.5 Å². The summed E-state index contributed by atoms with van der Waals surface area (Å²) in [5.74, 6) is 0.584. The summed E-state index contributed by atoms with van der Waals surface area (Å²) in [7, 11) is 0. The van der Waals surface area contributed by atoms with E-state index in [1.165, 1.54) is 44.9 Å². The van der Waals surface area contributed by atoms with Gasteiger partial charge in [-0.05, 0) is 63.7 Å². The number of likely N-dealkylation sites (tertiary alicyclic amines) is 1. The van der Waals surface area contributed by atoms with Gasteiger partial charge < -0.3 is 15.5 Å². The Morgan fingerprint density at radius 2 is 1.49 bits per heavy atom. The second kappa shape index (κ2) is 13.4. The lowest BCUT2D eigenvalue weighted by Gasteiger charge is -2.35. The molecule has 210 valence electrons. The van der Waals surface area contributed by atoms with E-state index in [-0.39, 0.29) is 36.3 Å². The van der Waals surface area contributed by atoms with Crippen LogP contribution in [0.1, 0.15) is 111 Å². The fourth-order valence-corrected chi connectivity index (χ4v) is 7.03. The second-order valence-corrected chi connectivity index (χ2v) is 12.6. The SMILES string of the molecule is CC(C)CCC(=O)N[C@@H](CC(=O)N1CCC[C@@H]1C1CCCCC1)C(=O)NC(C)C1NC2CCCCC2N1. The number of carbonyl (C=O) groups is 3. The van der Waals surface area contributed by atoms with E-state index in [1.807, 2.05) is 11.8 Å². The first-order valence-electron chi connectivity index (χ1n) is 15.2. The zero-order valence-corrected chi connectivity index (χ0v) is 23.4. The fraction of sp³-hybridized carbons (Fsp3) is 0.897. The van der Waals surface area contributed by atoms with Crippen LogP contribution in [0, 0.1) is 11.8 Å². The van der Waals surface area contributed by atoms with E-state index < -0.39 is 6.04 Å². The molecule has 0 spiro atoms. The summed E-state index contributed by atoms with van der Waals surface area (Å²) in [6.07, 6.45) is 14.3. The topological polar surface area (TPSA) is 103 Å². The molecule has 2 aliphatic heterocycles. The third kappa shape index (κ3) is 7.69. The average molecular weight is 518 g/mol. The third-order valence-electron chi connectivity index (χ3n) is 9.22. The predicted octanol–water partition coefficient (Wildman–Crippen LogP) is 3.20. The summed E-state index contributed by atoms with van der Waals surface area (Å²) in [5, 5.41) is 13.4. The number of nitrogens with zero attached hydrogens (tertiary/aromatic N) is 1. The van der Waals surface area contributed by atoms with Crippen molar-refractivity contribution in [1.82, 2.24) is 26.2 Å². The number of fused-ring (bicyclic) bond motifs is 1. The molecule has 8 nitrogen and oxygen atoms in total. The van der Waals surface area contributed by atoms with Crippen molar-refractivity contribution in [3.63, 3.8) is 0 Å². The molecule has 0 bridgehead atoms. The highest BCUT2D eigenvalue weighted by atomic mass is 16.2. The molecule has 4 rings (SSSR count). The first-order valence-corrected chi connectivity index (χ1v) is 15.2. The Balaban J connectivity index is 1.38. The maximum Gasteiger partial charge on any atom is 0.243 e. The maximum atomic E-state index is 13.5. The van der Waals surface area contributed by atoms with Crippen molar-refractivity contribution >= 4 is 17.7 Å². The van der Waals surface area contributed by atoms with Gasteiger partial charge >= 0.3 is 0 Å². The molecule has 4 N–H and O–H groups in total. The monoisotopic (exact) mass is 517 g/mol. The molecule has 3 amide bonds. The molecule has 0 aromatic carbocycles. The number of carbonyl (C=O) groups excluding carboxylic acids is 3. The van der Waals surface area contributed by atoms with Crippen LogP contribution in [0.2, 0.25) is 0 Å². The van der Waals surface area contributed by atoms with Gasteiger partial charge in [0.25, 0.3) is 0 Å². The number of hydrogen-bond acceptors (Lipinski definition) is 5. The number of nitrogens with one attached hydrogen (secondary N) is 4. The van der Waals surface area contributed by atoms with Crippen LogP contribution < -0.4 is 21.3 Å². The molecule has 4 fully saturated rings. The first kappa shape index (κ1) is 28.3. The van der Waals surface area contributed by atoms with Crippen LogP contribution in [-0.2, 0) is 14.4 Å². The molecular weight excluding hydrogens is 466 g/mol. The van der Waals surface area contributed by atoms with E-state index >= 15 is 0 Å². The van der Waals surface area contributed by atoms with Gasteiger partial charge in [0.15, 0.2) is 0 Å². The predicted molar refractivity (Wildman–Crippen MR) is 146 cm³/mol. The Labute approximate surface area is 223 Å². The van der Waals surface area contributed by atoms with E-state index in [0.29, 0.717) is 36.4 Å². The van der Waals surface area contributed by atoms with Crippen LogP contribution >= 0.6 is 0 Å². The zero-order chi connectivity index (χ0) is 26.4. The van der Waals surface area contributed by atoms with Gasteiger partial charge in [-0.25, -0.2) is 0 Å². The highest BCUT2D eigenvalue weighted by Gasteiger charge is 2.39. The molecule has 37 heavy (non-hydrogen) atoms. The molecular formula is C29H51N5O3. The van der Waals surface area contributed by atoms with Gasteiger partial charge in [0.05, 0.1) is 18.6 Å². The van der Waals surface area contributed by atoms with Gasteiger partial charge in [-0.15, -0.1) is 0 Å². The van der Waals surface area contributed by atoms with Crippen LogP contribution in [0.5, 0.6) is 0 Å². The van der Waals surface area contributed by atoms with E-state index in [0.717, 1.165) is 38.6 Å². The molecule has 2 aliphatic carbocycles. The summed E-state index contributed by atoms with van der Waals surface area (Å²) in [6.45, 7) is 6.94. The maximum absolute atomic E-state index is 13.5. The molecule has 5 atom stereocenters. The zero-order valence-electron chi connectivity index (χ0n) is 23.4. The third-order valence-corrected chi connectivity index (χ3v) is 9.22. The molecule has 0 aromatic heterocycles. The van der Waals surface area contributed by atoms with E-state index in [4.69, 9.17) is 0 Å². The van der Waals surface area contributed by atoms with E-state index in [1.54, 1.807) is 0 Å². The quantitative estimate of drug-likeness (QED) is 0.356. The Kier molecular flexibility index (Phi) is 10.3. The number of rotatable bonds is 10. The van der Waals surface area contributed by atoms with Crippen molar-refractivity contribution in [2.24, 2.45) is 11.8 Å². The standard InChI is InChI=1S/C29H51N5O3/c1-19(2)15-16-26(35)31-24(18-27(36)34-17-9-14-25(34)21-10-5-4-6-11-21)29(37)30-20(3)28-32-22-12-7-8-13-23(22)33-28/h19-25,28,32-33H,4-18H2,1-3H3,(H,30,37)(H,31,35)/t20?,22?,23?,24-,25+,28?/m0/s1. The first-order chi connectivity index (χ1) is 17.8. The number of hydrogen-bond donors (Lipinski definition) is 4. The Morgan fingerprint density at radius 1 is 0.838 bits per heavy atom. The van der Waals surface area contributed by atoms with Gasteiger partial charge in [-0.1, -0.05) is 46.0 Å². The van der Waals surface area contributed by atoms with Gasteiger partial charge in [0, 0.05) is 31.1 Å². The molecule has 0 radical (unpaired) electrons. The molecule has 3 unspecified atom stereocenters. The minimum atomic E-state index is -0.842. The Bertz CT molecular complexity index is 770. The smallest absolute Gasteiger partial charge is 0.243 e. The largest absolute Gasteiger partial charge is 0.349 e. The van der Waals surface area contributed by atoms with Crippen LogP contribution in [0.3, 0.4) is 0 Å². The van der Waals surface area contributed by atoms with Gasteiger partial charge in [-0.3, -0.25) is 25.0 Å². The van der Waals surface area contributed by atoms with Crippen molar-refractivity contribution < 1.29 is 14.4 Å². The molecule has 2 saturated heterocycles. The summed E-state index contributed by atoms with van der Waals surface area (Å²) in [4.78, 5) is 41.8. The molecule has 2 saturated carbocycles. The van der Waals surface area contributed by atoms with Crippen molar-refractivity contribution in [2.45, 2.75) is 147 Å². The Hall–Kier alpha value is -1.67. The van der Waals surface area contributed by atoms with Gasteiger partial charge in [0.1, 0.15) is 6.04 Å². The van der Waals surface area contributed by atoms with Gasteiger partial charge in [0.2, 0.25) is 17.7 Å². The summed E-state index contributed by atoms with van der Waals surface area (Å²) in [6, 6.07) is 0.217. The normalized spacial score (nSPS) is 30.1. The van der Waals surface area contributed by atoms with E-state index in [2.05, 4.69) is 35.1 Å². The lowest BCUT2D eigenvalue weighted by Crippen LogP contribution is -2.57. The molecule has 8 heteroatoms. The summed E-state index contributed by atoms with van der Waals surface area (Å²) >= 11 is 0. The minimum absolute atomic E-state index is 0.000641. The Morgan fingerprint density at radius 3 is 2.14 bits per heavy atom. The fourth-order valence-electron chi connectivity index (χ4n) is 7.03. The van der Waals surface area contributed by atoms with Crippen molar-refractivity contribution in [2.75, 3.05) is 6.54 Å². The van der Waals surface area contributed by atoms with Crippen LogP contribution in [0.15, 0.2) is 0 Å². The highest BCUT2D eigenvalue weighted by molar-refractivity contribution is 5.92. The molecule has 2 heterocycles. The minimum Gasteiger partial charge on any atom is -0.349 e. The number of amides is 3. The highest BCUT2D eigenvalue weighted by Crippen LogP contribution is 2.34. The van der Waals surface area contributed by atoms with Crippen LogP contribution in [0.25, 0.3) is 0 Å². The summed E-state index contributed by atoms with van der Waals surface area (Å²) in [5.41, 5.74) is 0. The van der Waals surface area contributed by atoms with Crippen molar-refractivity contribution in [3.05, 3.63) is 0 Å².